The fourth-order valence-electron chi connectivity index (χ4n) is 3.33. The van der Waals surface area contributed by atoms with Crippen LogP contribution in [0.2, 0.25) is 0 Å². The van der Waals surface area contributed by atoms with Gasteiger partial charge in [0.2, 0.25) is 0 Å². The van der Waals surface area contributed by atoms with Crippen molar-refractivity contribution in [1.82, 2.24) is 0 Å². The Hall–Kier alpha value is -1.88. The number of aryl methyl sites for hydroxylation is 2. The van der Waals surface area contributed by atoms with E-state index >= 15 is 0 Å². The van der Waals surface area contributed by atoms with Gasteiger partial charge in [-0.15, -0.1) is 0 Å². The van der Waals surface area contributed by atoms with Gasteiger partial charge in [-0.3, -0.25) is 9.59 Å². The normalized spacial score (nSPS) is 21.8. The van der Waals surface area contributed by atoms with Crippen LogP contribution in [0.3, 0.4) is 0 Å². The van der Waals surface area contributed by atoms with E-state index in [-0.39, 0.29) is 23.8 Å². The molecule has 1 unspecified atom stereocenters. The number of hydrogen-bond donors (Lipinski definition) is 2. The SMILES string of the molecule is CCOC(=O)[C@H]1CCC[NH+]([C@@H](C)C(=O)Nc2ccc(C)cc2C)C1. The maximum Gasteiger partial charge on any atom is 0.314 e. The largest absolute Gasteiger partial charge is 0.466 e. The Kier molecular flexibility index (Phi) is 6.37. The van der Waals surface area contributed by atoms with Gasteiger partial charge >= 0.3 is 5.97 Å². The van der Waals surface area contributed by atoms with E-state index in [0.29, 0.717) is 13.2 Å². The second kappa shape index (κ2) is 8.29. The molecule has 132 valence electrons. The van der Waals surface area contributed by atoms with Crippen LogP contribution in [-0.2, 0) is 14.3 Å². The predicted octanol–water partition coefficient (Wildman–Crippen LogP) is 1.49. The van der Waals surface area contributed by atoms with E-state index in [0.717, 1.165) is 35.5 Å². The van der Waals surface area contributed by atoms with E-state index in [2.05, 4.69) is 11.4 Å². The van der Waals surface area contributed by atoms with Crippen molar-refractivity contribution in [2.45, 2.75) is 46.6 Å². The lowest BCUT2D eigenvalue weighted by atomic mass is 9.97. The lowest BCUT2D eigenvalue weighted by Crippen LogP contribution is -3.18. The van der Waals surface area contributed by atoms with Crippen molar-refractivity contribution < 1.29 is 19.2 Å². The maximum absolute atomic E-state index is 12.6. The van der Waals surface area contributed by atoms with Gasteiger partial charge in [0.1, 0.15) is 5.92 Å². The highest BCUT2D eigenvalue weighted by molar-refractivity contribution is 5.94. The lowest BCUT2D eigenvalue weighted by Gasteiger charge is -2.32. The zero-order valence-electron chi connectivity index (χ0n) is 15.1. The summed E-state index contributed by atoms with van der Waals surface area (Å²) in [5, 5.41) is 3.03. The van der Waals surface area contributed by atoms with Gasteiger partial charge in [0.15, 0.2) is 6.04 Å². The predicted molar refractivity (Wildman–Crippen MR) is 94.1 cm³/mol. The van der Waals surface area contributed by atoms with Gasteiger partial charge in [-0.1, -0.05) is 17.7 Å². The molecular formula is C19H29N2O3+. The number of ether oxygens (including phenoxy) is 1. The van der Waals surface area contributed by atoms with Crippen molar-refractivity contribution >= 4 is 17.6 Å². The van der Waals surface area contributed by atoms with Gasteiger partial charge in [-0.25, -0.2) is 0 Å². The van der Waals surface area contributed by atoms with Crippen LogP contribution in [0.4, 0.5) is 5.69 Å². The minimum absolute atomic E-state index is 0.00135. The first kappa shape index (κ1) is 18.5. The van der Waals surface area contributed by atoms with E-state index in [1.54, 1.807) is 0 Å². The van der Waals surface area contributed by atoms with Gasteiger partial charge in [-0.05, 0) is 52.2 Å². The Labute approximate surface area is 144 Å². The standard InChI is InChI=1S/C19H28N2O3/c1-5-24-19(23)16-7-6-10-21(12-16)15(4)18(22)20-17-9-8-13(2)11-14(17)3/h8-9,11,15-16H,5-7,10,12H2,1-4H3,(H,20,22)/p+1/t15-,16-/m0/s1. The molecule has 5 nitrogen and oxygen atoms in total. The van der Waals surface area contributed by atoms with Crippen LogP contribution in [0.5, 0.6) is 0 Å². The lowest BCUT2D eigenvalue weighted by molar-refractivity contribution is -0.921. The van der Waals surface area contributed by atoms with Crippen molar-refractivity contribution in [2.24, 2.45) is 5.92 Å². The molecule has 2 N–H and O–H groups in total. The summed E-state index contributed by atoms with van der Waals surface area (Å²) < 4.78 is 5.14. The van der Waals surface area contributed by atoms with E-state index in [1.165, 1.54) is 5.56 Å². The smallest absolute Gasteiger partial charge is 0.314 e. The molecule has 0 bridgehead atoms. The summed E-state index contributed by atoms with van der Waals surface area (Å²) >= 11 is 0. The Bertz CT molecular complexity index is 600. The van der Waals surface area contributed by atoms with Crippen LogP contribution >= 0.6 is 0 Å². The number of quaternary nitrogens is 1. The van der Waals surface area contributed by atoms with Crippen molar-refractivity contribution in [2.75, 3.05) is 25.0 Å². The van der Waals surface area contributed by atoms with Crippen molar-refractivity contribution in [3.8, 4) is 0 Å². The van der Waals surface area contributed by atoms with Crippen LogP contribution in [0.1, 0.15) is 37.8 Å². The first-order valence-corrected chi connectivity index (χ1v) is 8.81. The molecule has 0 aromatic heterocycles. The summed E-state index contributed by atoms with van der Waals surface area (Å²) in [6.07, 6.45) is 1.80. The fraction of sp³-hybridized carbons (Fsp3) is 0.579. The number of carbonyl (C=O) groups excluding carboxylic acids is 2. The number of piperidine rings is 1. The third kappa shape index (κ3) is 4.57. The summed E-state index contributed by atoms with van der Waals surface area (Å²) in [5.74, 6) is -0.219. The third-order valence-corrected chi connectivity index (χ3v) is 4.82. The Balaban J connectivity index is 1.98. The number of amides is 1. The quantitative estimate of drug-likeness (QED) is 0.803. The molecule has 0 aliphatic carbocycles. The molecule has 0 saturated carbocycles. The van der Waals surface area contributed by atoms with E-state index in [1.807, 2.05) is 39.8 Å². The van der Waals surface area contributed by atoms with E-state index in [4.69, 9.17) is 4.74 Å². The monoisotopic (exact) mass is 333 g/mol. The minimum atomic E-state index is -0.192. The first-order chi connectivity index (χ1) is 11.4. The molecule has 1 aromatic rings. The number of nitrogens with one attached hydrogen (secondary N) is 2. The molecule has 1 aliphatic rings. The van der Waals surface area contributed by atoms with Crippen LogP contribution < -0.4 is 10.2 Å². The number of esters is 1. The zero-order chi connectivity index (χ0) is 17.7. The van der Waals surface area contributed by atoms with E-state index < -0.39 is 0 Å². The van der Waals surface area contributed by atoms with E-state index in [9.17, 15) is 9.59 Å². The minimum Gasteiger partial charge on any atom is -0.466 e. The van der Waals surface area contributed by atoms with Crippen molar-refractivity contribution in [3.63, 3.8) is 0 Å². The molecule has 1 saturated heterocycles. The number of likely N-dealkylation sites (tertiary alicyclic amines) is 1. The number of carbonyl (C=O) groups is 2. The molecule has 2 rings (SSSR count). The van der Waals surface area contributed by atoms with Crippen molar-refractivity contribution in [3.05, 3.63) is 29.3 Å². The Morgan fingerprint density at radius 2 is 2.12 bits per heavy atom. The molecular weight excluding hydrogens is 304 g/mol. The summed E-state index contributed by atoms with van der Waals surface area (Å²) in [4.78, 5) is 25.7. The van der Waals surface area contributed by atoms with Crippen LogP contribution in [-0.4, -0.2) is 37.6 Å². The third-order valence-electron chi connectivity index (χ3n) is 4.82. The molecule has 5 heteroatoms. The summed E-state index contributed by atoms with van der Waals surface area (Å²) in [6, 6.07) is 5.81. The zero-order valence-corrected chi connectivity index (χ0v) is 15.1. The van der Waals surface area contributed by atoms with Crippen LogP contribution in [0, 0.1) is 19.8 Å². The molecule has 1 amide bonds. The summed E-state index contributed by atoms with van der Waals surface area (Å²) in [7, 11) is 0. The van der Waals surface area contributed by atoms with Crippen molar-refractivity contribution in [1.29, 1.82) is 0 Å². The maximum atomic E-state index is 12.6. The number of rotatable bonds is 5. The molecule has 3 atom stereocenters. The summed E-state index contributed by atoms with van der Waals surface area (Å²) in [6.45, 7) is 9.78. The van der Waals surface area contributed by atoms with Gasteiger partial charge in [0, 0.05) is 5.69 Å². The van der Waals surface area contributed by atoms with Gasteiger partial charge in [-0.2, -0.15) is 0 Å². The van der Waals surface area contributed by atoms with Gasteiger partial charge in [0.05, 0.1) is 19.7 Å². The van der Waals surface area contributed by atoms with Crippen LogP contribution in [0.15, 0.2) is 18.2 Å². The number of anilines is 1. The highest BCUT2D eigenvalue weighted by Crippen LogP contribution is 2.16. The molecule has 24 heavy (non-hydrogen) atoms. The number of benzene rings is 1. The second-order valence-electron chi connectivity index (χ2n) is 6.73. The molecule has 1 fully saturated rings. The van der Waals surface area contributed by atoms with Gasteiger partial charge < -0.3 is 15.0 Å². The topological polar surface area (TPSA) is 59.8 Å². The molecule has 1 aromatic carbocycles. The van der Waals surface area contributed by atoms with Crippen LogP contribution in [0.25, 0.3) is 0 Å². The number of hydrogen-bond acceptors (Lipinski definition) is 3. The highest BCUT2D eigenvalue weighted by Gasteiger charge is 2.34. The molecule has 1 aliphatic heterocycles. The van der Waals surface area contributed by atoms with Gasteiger partial charge in [0.25, 0.3) is 5.91 Å². The Morgan fingerprint density at radius 3 is 2.79 bits per heavy atom. The average molecular weight is 333 g/mol. The average Bonchev–Trinajstić information content (AvgIpc) is 2.57. The molecule has 0 spiro atoms. The Morgan fingerprint density at radius 1 is 1.38 bits per heavy atom. The molecule has 0 radical (unpaired) electrons. The first-order valence-electron chi connectivity index (χ1n) is 8.81. The molecule has 1 heterocycles. The summed E-state index contributed by atoms with van der Waals surface area (Å²) in [5.41, 5.74) is 3.10. The highest BCUT2D eigenvalue weighted by atomic mass is 16.5. The second-order valence-corrected chi connectivity index (χ2v) is 6.73. The fourth-order valence-corrected chi connectivity index (χ4v) is 3.33.